The van der Waals surface area contributed by atoms with Crippen molar-refractivity contribution in [2.75, 3.05) is 11.1 Å². The molecule has 2 heterocycles. The average molecular weight is 288 g/mol. The van der Waals surface area contributed by atoms with E-state index in [0.717, 1.165) is 22.3 Å². The van der Waals surface area contributed by atoms with Crippen LogP contribution in [0.5, 0.6) is 0 Å². The van der Waals surface area contributed by atoms with Crippen LogP contribution in [0.15, 0.2) is 36.8 Å². The van der Waals surface area contributed by atoms with E-state index in [1.807, 2.05) is 12.1 Å². The Bertz CT molecular complexity index is 752. The summed E-state index contributed by atoms with van der Waals surface area (Å²) in [4.78, 5) is 11.3. The number of H-pyrrole nitrogens is 1. The highest BCUT2D eigenvalue weighted by atomic mass is 35.5. The van der Waals surface area contributed by atoms with Crippen molar-refractivity contribution in [1.82, 2.24) is 15.0 Å². The van der Waals surface area contributed by atoms with Crippen LogP contribution in [-0.4, -0.2) is 15.0 Å². The number of imidazole rings is 1. The van der Waals surface area contributed by atoms with Crippen LogP contribution in [0.2, 0.25) is 5.15 Å². The lowest BCUT2D eigenvalue weighted by Crippen LogP contribution is -2.08. The van der Waals surface area contributed by atoms with Crippen molar-refractivity contribution in [1.29, 1.82) is 0 Å². The van der Waals surface area contributed by atoms with Crippen molar-refractivity contribution >= 4 is 34.0 Å². The summed E-state index contributed by atoms with van der Waals surface area (Å²) < 4.78 is 0. The molecule has 0 saturated heterocycles. The fraction of sp³-hybridized carbons (Fsp3) is 0.143. The quantitative estimate of drug-likeness (QED) is 0.645. The molecule has 3 aromatic rings. The lowest BCUT2D eigenvalue weighted by atomic mass is 10.1. The fourth-order valence-electron chi connectivity index (χ4n) is 2.10. The summed E-state index contributed by atoms with van der Waals surface area (Å²) >= 11 is 5.89. The van der Waals surface area contributed by atoms with Crippen molar-refractivity contribution in [3.05, 3.63) is 47.5 Å². The fourth-order valence-corrected chi connectivity index (χ4v) is 2.26. The second kappa shape index (κ2) is 5.02. The summed E-state index contributed by atoms with van der Waals surface area (Å²) in [6, 6.07) is 7.91. The van der Waals surface area contributed by atoms with Gasteiger partial charge in [0.25, 0.3) is 0 Å². The van der Waals surface area contributed by atoms with Crippen molar-refractivity contribution in [3.8, 4) is 0 Å². The maximum atomic E-state index is 5.89. The number of anilines is 2. The van der Waals surface area contributed by atoms with Crippen LogP contribution in [0.1, 0.15) is 18.5 Å². The van der Waals surface area contributed by atoms with Gasteiger partial charge in [0.2, 0.25) is 0 Å². The molecule has 20 heavy (non-hydrogen) atoms. The molecule has 0 aliphatic heterocycles. The van der Waals surface area contributed by atoms with Gasteiger partial charge in [-0.15, -0.1) is 0 Å². The number of nitrogen functional groups attached to an aromatic ring is 1. The van der Waals surface area contributed by atoms with Crippen molar-refractivity contribution in [2.45, 2.75) is 13.0 Å². The zero-order valence-electron chi connectivity index (χ0n) is 10.9. The zero-order chi connectivity index (χ0) is 14.1. The summed E-state index contributed by atoms with van der Waals surface area (Å²) in [5, 5.41) is 3.75. The molecule has 0 radical (unpaired) electrons. The molecule has 4 N–H and O–H groups in total. The second-order valence-electron chi connectivity index (χ2n) is 4.64. The Morgan fingerprint density at radius 3 is 3.00 bits per heavy atom. The number of nitrogens with one attached hydrogen (secondary N) is 2. The van der Waals surface area contributed by atoms with Crippen molar-refractivity contribution in [2.24, 2.45) is 0 Å². The Kier molecular flexibility index (Phi) is 3.20. The molecule has 1 atom stereocenters. The van der Waals surface area contributed by atoms with E-state index in [1.54, 1.807) is 18.6 Å². The number of fused-ring (bicyclic) bond motifs is 1. The summed E-state index contributed by atoms with van der Waals surface area (Å²) in [6.45, 7) is 2.06. The van der Waals surface area contributed by atoms with Gasteiger partial charge in [-0.25, -0.2) is 9.97 Å². The van der Waals surface area contributed by atoms with E-state index in [4.69, 9.17) is 17.3 Å². The molecule has 0 unspecified atom stereocenters. The molecule has 0 spiro atoms. The lowest BCUT2D eigenvalue weighted by Gasteiger charge is -2.17. The van der Waals surface area contributed by atoms with Crippen LogP contribution < -0.4 is 11.1 Å². The first-order chi connectivity index (χ1) is 9.63. The van der Waals surface area contributed by atoms with Crippen LogP contribution in [-0.2, 0) is 0 Å². The number of aromatic nitrogens is 3. The van der Waals surface area contributed by atoms with Gasteiger partial charge in [-0.05, 0) is 24.6 Å². The highest BCUT2D eigenvalue weighted by Gasteiger charge is 2.09. The Morgan fingerprint density at radius 2 is 2.15 bits per heavy atom. The van der Waals surface area contributed by atoms with Crippen LogP contribution >= 0.6 is 11.6 Å². The first-order valence-electron chi connectivity index (χ1n) is 6.24. The van der Waals surface area contributed by atoms with Gasteiger partial charge < -0.3 is 16.0 Å². The number of rotatable bonds is 3. The van der Waals surface area contributed by atoms with Crippen LogP contribution in [0.25, 0.3) is 11.0 Å². The summed E-state index contributed by atoms with van der Waals surface area (Å²) in [7, 11) is 0. The number of pyridine rings is 1. The Balaban J connectivity index is 1.88. The molecule has 3 rings (SSSR count). The highest BCUT2D eigenvalue weighted by Crippen LogP contribution is 2.26. The average Bonchev–Trinajstić information content (AvgIpc) is 2.90. The monoisotopic (exact) mass is 287 g/mol. The minimum absolute atomic E-state index is 0.0804. The molecule has 0 aliphatic rings. The predicted molar refractivity (Wildman–Crippen MR) is 81.8 cm³/mol. The molecule has 0 amide bonds. The number of aromatic amines is 1. The summed E-state index contributed by atoms with van der Waals surface area (Å²) in [6.07, 6.45) is 3.24. The number of nitrogens with two attached hydrogens (primary N) is 1. The number of halogens is 1. The molecule has 5 nitrogen and oxygen atoms in total. The Labute approximate surface area is 121 Å². The normalized spacial score (nSPS) is 12.5. The standard InChI is InChI=1S/C14H14ClN5/c1-8(20-12-5-14(15)17-6-10(12)16)9-2-3-11-13(4-9)19-7-18-11/h2-8H,16H2,1H3,(H,17,20)(H,18,19)/t8-/m0/s1. The molecule has 0 aliphatic carbocycles. The molecular formula is C14H14ClN5. The third-order valence-corrected chi connectivity index (χ3v) is 3.43. The number of hydrogen-bond acceptors (Lipinski definition) is 4. The van der Waals surface area contributed by atoms with E-state index in [9.17, 15) is 0 Å². The Hall–Kier alpha value is -2.27. The third-order valence-electron chi connectivity index (χ3n) is 3.22. The first-order valence-corrected chi connectivity index (χ1v) is 6.62. The largest absolute Gasteiger partial charge is 0.396 e. The van der Waals surface area contributed by atoms with Gasteiger partial charge in [0.1, 0.15) is 5.15 Å². The summed E-state index contributed by atoms with van der Waals surface area (Å²) in [5.41, 5.74) is 10.3. The highest BCUT2D eigenvalue weighted by molar-refractivity contribution is 6.29. The van der Waals surface area contributed by atoms with Crippen LogP contribution in [0, 0.1) is 0 Å². The van der Waals surface area contributed by atoms with Gasteiger partial charge in [-0.2, -0.15) is 0 Å². The van der Waals surface area contributed by atoms with Crippen LogP contribution in [0.3, 0.4) is 0 Å². The predicted octanol–water partition coefficient (Wildman–Crippen LogP) is 3.37. The smallest absolute Gasteiger partial charge is 0.131 e. The van der Waals surface area contributed by atoms with Gasteiger partial charge in [-0.3, -0.25) is 0 Å². The maximum absolute atomic E-state index is 5.89. The van der Waals surface area contributed by atoms with Gasteiger partial charge >= 0.3 is 0 Å². The van der Waals surface area contributed by atoms with Crippen molar-refractivity contribution in [3.63, 3.8) is 0 Å². The second-order valence-corrected chi connectivity index (χ2v) is 5.03. The number of hydrogen-bond donors (Lipinski definition) is 3. The molecular weight excluding hydrogens is 274 g/mol. The maximum Gasteiger partial charge on any atom is 0.131 e. The van der Waals surface area contributed by atoms with E-state index in [-0.39, 0.29) is 6.04 Å². The molecule has 0 fully saturated rings. The van der Waals surface area contributed by atoms with Gasteiger partial charge in [0, 0.05) is 12.1 Å². The van der Waals surface area contributed by atoms with Crippen molar-refractivity contribution < 1.29 is 0 Å². The lowest BCUT2D eigenvalue weighted by molar-refractivity contribution is 0.886. The SMILES string of the molecule is C[C@H](Nc1cc(Cl)ncc1N)c1ccc2[nH]cnc2c1. The molecule has 1 aromatic carbocycles. The molecule has 102 valence electrons. The van der Waals surface area contributed by atoms with E-state index in [1.165, 1.54) is 0 Å². The minimum Gasteiger partial charge on any atom is -0.396 e. The molecule has 0 saturated carbocycles. The first kappa shape index (κ1) is 12.7. The molecule has 6 heteroatoms. The third kappa shape index (κ3) is 2.40. The minimum atomic E-state index is 0.0804. The number of nitrogens with zero attached hydrogens (tertiary/aromatic N) is 2. The zero-order valence-corrected chi connectivity index (χ0v) is 11.6. The Morgan fingerprint density at radius 1 is 1.30 bits per heavy atom. The van der Waals surface area contributed by atoms with Gasteiger partial charge in [-0.1, -0.05) is 17.7 Å². The molecule has 0 bridgehead atoms. The van der Waals surface area contributed by atoms with E-state index >= 15 is 0 Å². The van der Waals surface area contributed by atoms with Crippen LogP contribution in [0.4, 0.5) is 11.4 Å². The van der Waals surface area contributed by atoms with Gasteiger partial charge in [0.05, 0.1) is 34.9 Å². The number of benzene rings is 1. The molecule has 2 aromatic heterocycles. The van der Waals surface area contributed by atoms with Gasteiger partial charge in [0.15, 0.2) is 0 Å². The van der Waals surface area contributed by atoms with E-state index in [2.05, 4.69) is 33.3 Å². The van der Waals surface area contributed by atoms with E-state index < -0.39 is 0 Å². The summed E-state index contributed by atoms with van der Waals surface area (Å²) in [5.74, 6) is 0. The topological polar surface area (TPSA) is 79.6 Å². The van der Waals surface area contributed by atoms with E-state index in [0.29, 0.717) is 10.8 Å².